The molecule has 0 saturated carbocycles. The van der Waals surface area contributed by atoms with Gasteiger partial charge in [0.2, 0.25) is 0 Å². The van der Waals surface area contributed by atoms with Crippen LogP contribution in [0.4, 0.5) is 0 Å². The summed E-state index contributed by atoms with van der Waals surface area (Å²) in [7, 11) is 0. The average Bonchev–Trinajstić information content (AvgIpc) is 2.43. The maximum Gasteiger partial charge on any atom is 0.115 e. The fourth-order valence-electron chi connectivity index (χ4n) is 1.70. The molecule has 0 bridgehead atoms. The second-order valence-electron chi connectivity index (χ2n) is 4.33. The van der Waals surface area contributed by atoms with E-state index in [0.29, 0.717) is 5.75 Å². The van der Waals surface area contributed by atoms with Crippen molar-refractivity contribution in [3.05, 3.63) is 76.8 Å². The number of hydrogen-bond acceptors (Lipinski definition) is 1. The molecule has 96 valence electrons. The van der Waals surface area contributed by atoms with Crippen LogP contribution >= 0.6 is 15.9 Å². The Morgan fingerprint density at radius 3 is 2.05 bits per heavy atom. The molecule has 0 fully saturated rings. The van der Waals surface area contributed by atoms with Crippen molar-refractivity contribution in [1.82, 2.24) is 0 Å². The lowest BCUT2D eigenvalue weighted by molar-refractivity contribution is 0.475. The fraction of sp³-hybridized carbons (Fsp3) is 0.0588. The van der Waals surface area contributed by atoms with Gasteiger partial charge in [0.15, 0.2) is 0 Å². The first-order valence-electron chi connectivity index (χ1n) is 6.05. The second-order valence-corrected chi connectivity index (χ2v) is 5.24. The maximum absolute atomic E-state index is 8.76. The van der Waals surface area contributed by atoms with Crippen molar-refractivity contribution in [2.75, 3.05) is 0 Å². The normalized spacial score (nSPS) is 9.79. The van der Waals surface area contributed by atoms with Gasteiger partial charge in [-0.2, -0.15) is 0 Å². The molecule has 0 unspecified atom stereocenters. The summed E-state index contributed by atoms with van der Waals surface area (Å²) in [6.07, 6.45) is 0. The highest BCUT2D eigenvalue weighted by Crippen LogP contribution is 2.18. The highest BCUT2D eigenvalue weighted by Gasteiger charge is 1.90. The van der Waals surface area contributed by atoms with E-state index in [-0.39, 0.29) is 0 Å². The lowest BCUT2D eigenvalue weighted by Gasteiger charge is -1.95. The third kappa shape index (κ3) is 4.11. The molecule has 0 amide bonds. The lowest BCUT2D eigenvalue weighted by atomic mass is 10.1. The van der Waals surface area contributed by atoms with Crippen LogP contribution in [0.3, 0.4) is 0 Å². The Morgan fingerprint density at radius 2 is 1.42 bits per heavy atom. The minimum atomic E-state index is 0.329. The summed E-state index contributed by atoms with van der Waals surface area (Å²) in [6.45, 7) is 1.99. The zero-order valence-corrected chi connectivity index (χ0v) is 12.3. The molecule has 3 rings (SSSR count). The Labute approximate surface area is 121 Å². The van der Waals surface area contributed by atoms with E-state index in [4.69, 9.17) is 5.11 Å². The van der Waals surface area contributed by atoms with Gasteiger partial charge >= 0.3 is 0 Å². The second kappa shape index (κ2) is 6.39. The summed E-state index contributed by atoms with van der Waals surface area (Å²) in [5.41, 5.74) is 1.17. The zero-order chi connectivity index (χ0) is 13.7. The first kappa shape index (κ1) is 13.6. The number of phenolic OH excluding ortho intramolecular Hbond substituents is 1. The molecular weight excluding hydrogens is 300 g/mol. The van der Waals surface area contributed by atoms with Crippen molar-refractivity contribution < 1.29 is 5.11 Å². The standard InChI is InChI=1S/C10H7Br.C7H8O/c11-10-6-5-8-3-1-2-4-9(8)7-10;1-6-2-4-7(8)5-3-6/h1-7H;2-5,8H,1H3. The van der Waals surface area contributed by atoms with E-state index in [1.54, 1.807) is 12.1 Å². The molecule has 0 aromatic heterocycles. The summed E-state index contributed by atoms with van der Waals surface area (Å²) in [4.78, 5) is 0. The van der Waals surface area contributed by atoms with Crippen LogP contribution in [0.1, 0.15) is 5.56 Å². The molecule has 3 aromatic rings. The van der Waals surface area contributed by atoms with Crippen molar-refractivity contribution >= 4 is 26.7 Å². The molecule has 19 heavy (non-hydrogen) atoms. The number of aromatic hydroxyl groups is 1. The van der Waals surface area contributed by atoms with Gasteiger partial charge in [-0.25, -0.2) is 0 Å². The van der Waals surface area contributed by atoms with Gasteiger partial charge in [-0.05, 0) is 42.0 Å². The Bertz CT molecular complexity index is 638. The summed E-state index contributed by atoms with van der Waals surface area (Å²) >= 11 is 3.43. The van der Waals surface area contributed by atoms with E-state index in [2.05, 4.69) is 58.4 Å². The highest BCUT2D eigenvalue weighted by atomic mass is 79.9. The van der Waals surface area contributed by atoms with Crippen LogP contribution in [0.25, 0.3) is 10.8 Å². The fourth-order valence-corrected chi connectivity index (χ4v) is 2.08. The van der Waals surface area contributed by atoms with E-state index < -0.39 is 0 Å². The molecular formula is C17H15BrO. The largest absolute Gasteiger partial charge is 0.508 e. The summed E-state index contributed by atoms with van der Waals surface area (Å²) in [6, 6.07) is 21.7. The van der Waals surface area contributed by atoms with Crippen molar-refractivity contribution in [3.8, 4) is 5.75 Å². The van der Waals surface area contributed by atoms with Gasteiger partial charge < -0.3 is 5.11 Å². The van der Waals surface area contributed by atoms with Crippen LogP contribution in [0.2, 0.25) is 0 Å². The molecule has 0 atom stereocenters. The summed E-state index contributed by atoms with van der Waals surface area (Å²) in [5.74, 6) is 0.329. The third-order valence-electron chi connectivity index (χ3n) is 2.75. The quantitative estimate of drug-likeness (QED) is 0.596. The average molecular weight is 315 g/mol. The van der Waals surface area contributed by atoms with Gasteiger partial charge in [-0.15, -0.1) is 0 Å². The van der Waals surface area contributed by atoms with Gasteiger partial charge in [0.05, 0.1) is 0 Å². The predicted octanol–water partition coefficient (Wildman–Crippen LogP) is 5.30. The minimum Gasteiger partial charge on any atom is -0.508 e. The molecule has 2 heteroatoms. The monoisotopic (exact) mass is 314 g/mol. The van der Waals surface area contributed by atoms with Gasteiger partial charge in [-0.1, -0.05) is 64.0 Å². The Kier molecular flexibility index (Phi) is 4.58. The number of hydrogen-bond donors (Lipinski definition) is 1. The molecule has 0 heterocycles. The third-order valence-corrected chi connectivity index (χ3v) is 3.24. The van der Waals surface area contributed by atoms with Gasteiger partial charge in [-0.3, -0.25) is 0 Å². The highest BCUT2D eigenvalue weighted by molar-refractivity contribution is 9.10. The smallest absolute Gasteiger partial charge is 0.115 e. The van der Waals surface area contributed by atoms with Crippen molar-refractivity contribution in [1.29, 1.82) is 0 Å². The Hall–Kier alpha value is -1.80. The minimum absolute atomic E-state index is 0.329. The molecule has 1 nitrogen and oxygen atoms in total. The number of phenols is 1. The Balaban J connectivity index is 0.000000148. The van der Waals surface area contributed by atoms with Crippen LogP contribution in [-0.4, -0.2) is 5.11 Å². The molecule has 0 spiro atoms. The Morgan fingerprint density at radius 1 is 0.789 bits per heavy atom. The predicted molar refractivity (Wildman–Crippen MR) is 84.5 cm³/mol. The van der Waals surface area contributed by atoms with Crippen LogP contribution in [0.15, 0.2) is 71.2 Å². The van der Waals surface area contributed by atoms with E-state index >= 15 is 0 Å². The molecule has 0 aliphatic rings. The number of fused-ring (bicyclic) bond motifs is 1. The van der Waals surface area contributed by atoms with E-state index in [1.807, 2.05) is 19.1 Å². The van der Waals surface area contributed by atoms with Gasteiger partial charge in [0.1, 0.15) is 5.75 Å². The molecule has 3 aromatic carbocycles. The van der Waals surface area contributed by atoms with Crippen LogP contribution < -0.4 is 0 Å². The molecule has 0 aliphatic carbocycles. The number of rotatable bonds is 0. The zero-order valence-electron chi connectivity index (χ0n) is 10.7. The van der Waals surface area contributed by atoms with Crippen molar-refractivity contribution in [3.63, 3.8) is 0 Å². The van der Waals surface area contributed by atoms with E-state index in [0.717, 1.165) is 4.47 Å². The SMILES string of the molecule is Brc1ccc2ccccc2c1.Cc1ccc(O)cc1. The van der Waals surface area contributed by atoms with Gasteiger partial charge in [0, 0.05) is 4.47 Å². The number of aryl methyl sites for hydroxylation is 1. The molecule has 0 aliphatic heterocycles. The van der Waals surface area contributed by atoms with Gasteiger partial charge in [0.25, 0.3) is 0 Å². The van der Waals surface area contributed by atoms with Crippen molar-refractivity contribution in [2.45, 2.75) is 6.92 Å². The van der Waals surface area contributed by atoms with Crippen LogP contribution in [0.5, 0.6) is 5.75 Å². The number of halogens is 1. The van der Waals surface area contributed by atoms with E-state index in [1.165, 1.54) is 16.3 Å². The van der Waals surface area contributed by atoms with Crippen LogP contribution in [-0.2, 0) is 0 Å². The first-order chi connectivity index (χ1) is 9.15. The van der Waals surface area contributed by atoms with Crippen molar-refractivity contribution in [2.24, 2.45) is 0 Å². The first-order valence-corrected chi connectivity index (χ1v) is 6.84. The molecule has 0 radical (unpaired) electrons. The molecule has 1 N–H and O–H groups in total. The summed E-state index contributed by atoms with van der Waals surface area (Å²) in [5, 5.41) is 11.3. The molecule has 0 saturated heterocycles. The van der Waals surface area contributed by atoms with E-state index in [9.17, 15) is 0 Å². The topological polar surface area (TPSA) is 20.2 Å². The lowest BCUT2D eigenvalue weighted by Crippen LogP contribution is -1.69. The number of benzene rings is 3. The maximum atomic E-state index is 8.76. The van der Waals surface area contributed by atoms with Crippen LogP contribution in [0, 0.1) is 6.92 Å². The summed E-state index contributed by atoms with van der Waals surface area (Å²) < 4.78 is 1.14.